The molecule has 0 aromatic carbocycles. The van der Waals surface area contributed by atoms with Crippen molar-refractivity contribution in [3.8, 4) is 0 Å². The van der Waals surface area contributed by atoms with Crippen molar-refractivity contribution in [2.45, 2.75) is 45.6 Å². The van der Waals surface area contributed by atoms with Gasteiger partial charge in [0.1, 0.15) is 0 Å². The van der Waals surface area contributed by atoms with Gasteiger partial charge in [0.25, 0.3) is 0 Å². The largest absolute Gasteiger partial charge is 0.354 e. The summed E-state index contributed by atoms with van der Waals surface area (Å²) in [7, 11) is 0. The molecular weight excluding hydrogens is 214 g/mol. The third kappa shape index (κ3) is 6.64. The molecule has 1 aliphatic heterocycles. The van der Waals surface area contributed by atoms with Gasteiger partial charge in [-0.1, -0.05) is 6.92 Å². The Bertz CT molecular complexity index is 215. The first-order valence-corrected chi connectivity index (χ1v) is 6.93. The molecule has 0 aliphatic carbocycles. The van der Waals surface area contributed by atoms with Crippen LogP contribution in [-0.4, -0.2) is 38.1 Å². The Morgan fingerprint density at radius 3 is 2.76 bits per heavy atom. The topological polar surface area (TPSA) is 53.2 Å². The molecule has 0 saturated carbocycles. The fourth-order valence-electron chi connectivity index (χ4n) is 2.04. The minimum atomic E-state index is 0.164. The highest BCUT2D eigenvalue weighted by Crippen LogP contribution is 2.09. The first-order valence-electron chi connectivity index (χ1n) is 6.93. The van der Waals surface area contributed by atoms with Gasteiger partial charge in [-0.25, -0.2) is 0 Å². The molecule has 0 radical (unpaired) electrons. The number of amides is 1. The van der Waals surface area contributed by atoms with Gasteiger partial charge in [-0.15, -0.1) is 0 Å². The molecule has 0 aromatic rings. The summed E-state index contributed by atoms with van der Waals surface area (Å²) in [5.74, 6) is 0.950. The second-order valence-electron chi connectivity index (χ2n) is 5.02. The molecule has 17 heavy (non-hydrogen) atoms. The zero-order chi connectivity index (χ0) is 12.5. The maximum Gasteiger partial charge on any atom is 0.221 e. The first kappa shape index (κ1) is 14.5. The van der Waals surface area contributed by atoms with Crippen molar-refractivity contribution in [1.29, 1.82) is 0 Å². The molecule has 4 nitrogen and oxygen atoms in total. The van der Waals surface area contributed by atoms with Gasteiger partial charge in [0.15, 0.2) is 0 Å². The molecule has 3 N–H and O–H groups in total. The third-order valence-corrected chi connectivity index (χ3v) is 3.44. The molecule has 0 aromatic heterocycles. The fraction of sp³-hybridized carbons (Fsp3) is 0.923. The van der Waals surface area contributed by atoms with E-state index in [1.54, 1.807) is 0 Å². The van der Waals surface area contributed by atoms with E-state index in [1.165, 1.54) is 12.8 Å². The van der Waals surface area contributed by atoms with Crippen LogP contribution in [-0.2, 0) is 4.79 Å². The van der Waals surface area contributed by atoms with Crippen molar-refractivity contribution in [2.75, 3.05) is 26.2 Å². The van der Waals surface area contributed by atoms with Crippen molar-refractivity contribution < 1.29 is 4.79 Å². The number of carbonyl (C=O) groups is 1. The summed E-state index contributed by atoms with van der Waals surface area (Å²) in [6.07, 6.45) is 4.10. The molecule has 4 heteroatoms. The van der Waals surface area contributed by atoms with E-state index in [-0.39, 0.29) is 5.91 Å². The van der Waals surface area contributed by atoms with Crippen molar-refractivity contribution in [3.05, 3.63) is 0 Å². The van der Waals surface area contributed by atoms with E-state index < -0.39 is 0 Å². The van der Waals surface area contributed by atoms with Gasteiger partial charge in [-0.05, 0) is 51.7 Å². The summed E-state index contributed by atoms with van der Waals surface area (Å²) in [6, 6.07) is 0.298. The molecule has 0 spiro atoms. The van der Waals surface area contributed by atoms with Crippen molar-refractivity contribution in [3.63, 3.8) is 0 Å². The minimum Gasteiger partial charge on any atom is -0.354 e. The van der Waals surface area contributed by atoms with E-state index in [0.717, 1.165) is 38.5 Å². The Morgan fingerprint density at radius 1 is 1.41 bits per heavy atom. The minimum absolute atomic E-state index is 0.164. The highest BCUT2D eigenvalue weighted by Gasteiger charge is 2.12. The van der Waals surface area contributed by atoms with E-state index in [0.29, 0.717) is 12.5 Å². The van der Waals surface area contributed by atoms with E-state index >= 15 is 0 Å². The van der Waals surface area contributed by atoms with E-state index in [4.69, 9.17) is 0 Å². The first-order chi connectivity index (χ1) is 8.22. The standard InChI is InChI=1S/C13H27N3O/c1-3-11(2)16-13(17)6-9-15-10-12-4-7-14-8-5-12/h11-12,14-15H,3-10H2,1-2H3,(H,16,17). The number of carbonyl (C=O) groups excluding carboxylic acids is 1. The van der Waals surface area contributed by atoms with Crippen LogP contribution in [0.5, 0.6) is 0 Å². The lowest BCUT2D eigenvalue weighted by atomic mass is 9.98. The Labute approximate surface area is 105 Å². The molecular formula is C13H27N3O. The number of piperidine rings is 1. The number of hydrogen-bond acceptors (Lipinski definition) is 3. The summed E-state index contributed by atoms with van der Waals surface area (Å²) in [4.78, 5) is 11.5. The molecule has 1 saturated heterocycles. The molecule has 1 amide bonds. The van der Waals surface area contributed by atoms with Crippen molar-refractivity contribution in [1.82, 2.24) is 16.0 Å². The molecule has 0 bridgehead atoms. The van der Waals surface area contributed by atoms with Crippen LogP contribution in [0.1, 0.15) is 39.5 Å². The number of nitrogens with one attached hydrogen (secondary N) is 3. The lowest BCUT2D eigenvalue weighted by Crippen LogP contribution is -2.36. The summed E-state index contributed by atoms with van der Waals surface area (Å²) in [5.41, 5.74) is 0. The van der Waals surface area contributed by atoms with Crippen LogP contribution in [0.2, 0.25) is 0 Å². The SMILES string of the molecule is CCC(C)NC(=O)CCNCC1CCNCC1. The second kappa shape index (κ2) is 8.48. The van der Waals surface area contributed by atoms with Crippen molar-refractivity contribution >= 4 is 5.91 Å². The third-order valence-electron chi connectivity index (χ3n) is 3.44. The van der Waals surface area contributed by atoms with Gasteiger partial charge in [0.05, 0.1) is 0 Å². The summed E-state index contributed by atoms with van der Waals surface area (Å²) in [6.45, 7) is 8.26. The predicted molar refractivity (Wildman–Crippen MR) is 71.0 cm³/mol. The summed E-state index contributed by atoms with van der Waals surface area (Å²) in [5, 5.41) is 9.73. The van der Waals surface area contributed by atoms with Crippen LogP contribution < -0.4 is 16.0 Å². The lowest BCUT2D eigenvalue weighted by molar-refractivity contribution is -0.121. The van der Waals surface area contributed by atoms with Crippen LogP contribution in [0.25, 0.3) is 0 Å². The van der Waals surface area contributed by atoms with E-state index in [1.807, 2.05) is 6.92 Å². The maximum absolute atomic E-state index is 11.5. The van der Waals surface area contributed by atoms with Gasteiger partial charge in [0, 0.05) is 19.0 Å². The number of rotatable bonds is 7. The monoisotopic (exact) mass is 241 g/mol. The van der Waals surface area contributed by atoms with Crippen LogP contribution in [0, 0.1) is 5.92 Å². The van der Waals surface area contributed by atoms with Crippen LogP contribution in [0.4, 0.5) is 0 Å². The Kier molecular flexibility index (Phi) is 7.21. The molecule has 1 unspecified atom stereocenters. The Morgan fingerprint density at radius 2 is 2.12 bits per heavy atom. The smallest absolute Gasteiger partial charge is 0.221 e. The van der Waals surface area contributed by atoms with Gasteiger partial charge >= 0.3 is 0 Å². The van der Waals surface area contributed by atoms with Gasteiger partial charge in [-0.2, -0.15) is 0 Å². The van der Waals surface area contributed by atoms with Crippen LogP contribution in [0.15, 0.2) is 0 Å². The normalized spacial score (nSPS) is 18.9. The van der Waals surface area contributed by atoms with Crippen LogP contribution in [0.3, 0.4) is 0 Å². The lowest BCUT2D eigenvalue weighted by Gasteiger charge is -2.22. The average Bonchev–Trinajstić information content (AvgIpc) is 2.36. The molecule has 1 fully saturated rings. The number of hydrogen-bond donors (Lipinski definition) is 3. The Hall–Kier alpha value is -0.610. The zero-order valence-electron chi connectivity index (χ0n) is 11.2. The highest BCUT2D eigenvalue weighted by atomic mass is 16.1. The zero-order valence-corrected chi connectivity index (χ0v) is 11.2. The fourth-order valence-corrected chi connectivity index (χ4v) is 2.04. The maximum atomic E-state index is 11.5. The van der Waals surface area contributed by atoms with Gasteiger partial charge in [0.2, 0.25) is 5.91 Å². The highest BCUT2D eigenvalue weighted by molar-refractivity contribution is 5.76. The molecule has 1 heterocycles. The summed E-state index contributed by atoms with van der Waals surface area (Å²) >= 11 is 0. The van der Waals surface area contributed by atoms with Gasteiger partial charge in [-0.3, -0.25) is 4.79 Å². The van der Waals surface area contributed by atoms with E-state index in [2.05, 4.69) is 22.9 Å². The van der Waals surface area contributed by atoms with Gasteiger partial charge < -0.3 is 16.0 Å². The average molecular weight is 241 g/mol. The van der Waals surface area contributed by atoms with Crippen LogP contribution >= 0.6 is 0 Å². The van der Waals surface area contributed by atoms with Crippen molar-refractivity contribution in [2.24, 2.45) is 5.92 Å². The molecule has 1 rings (SSSR count). The molecule has 1 atom stereocenters. The second-order valence-corrected chi connectivity index (χ2v) is 5.02. The molecule has 100 valence electrons. The van der Waals surface area contributed by atoms with E-state index in [9.17, 15) is 4.79 Å². The predicted octanol–water partition coefficient (Wildman–Crippen LogP) is 0.880. The Balaban J connectivity index is 1.97. The quantitative estimate of drug-likeness (QED) is 0.580. The summed E-state index contributed by atoms with van der Waals surface area (Å²) < 4.78 is 0. The molecule has 1 aliphatic rings.